The first-order chi connectivity index (χ1) is 9.51. The maximum absolute atomic E-state index is 11.5. The first-order valence-electron chi connectivity index (χ1n) is 6.23. The fourth-order valence-corrected chi connectivity index (χ4v) is 1.16. The number of rotatable bonds is 10. The normalized spacial score (nSPS) is 9.15. The zero-order valence-electron chi connectivity index (χ0n) is 11.5. The number of allylic oxidation sites excluding steroid dienone is 1. The van der Waals surface area contributed by atoms with E-state index >= 15 is 0 Å². The molecular formula is C15H19NO4. The Hall–Kier alpha value is -2.35. The number of nitrogens with zero attached hydrogens (tertiary/aromatic N) is 1. The van der Waals surface area contributed by atoms with Gasteiger partial charge < -0.3 is 9.47 Å². The fourth-order valence-electron chi connectivity index (χ4n) is 1.16. The van der Waals surface area contributed by atoms with E-state index in [1.807, 2.05) is 6.07 Å². The highest BCUT2D eigenvalue weighted by molar-refractivity contribution is 5.87. The van der Waals surface area contributed by atoms with Crippen LogP contribution >= 0.6 is 0 Å². The Morgan fingerprint density at radius 1 is 1.10 bits per heavy atom. The molecule has 0 amide bonds. The van der Waals surface area contributed by atoms with Gasteiger partial charge in [-0.1, -0.05) is 19.7 Å². The number of hydrogen-bond donors (Lipinski definition) is 0. The van der Waals surface area contributed by atoms with Crippen molar-refractivity contribution >= 4 is 11.9 Å². The Labute approximate surface area is 119 Å². The number of nitriles is 1. The molecule has 108 valence electrons. The summed E-state index contributed by atoms with van der Waals surface area (Å²) in [6.45, 7) is 10.9. The first-order valence-corrected chi connectivity index (χ1v) is 6.23. The lowest BCUT2D eigenvalue weighted by Crippen LogP contribution is -2.09. The molecule has 0 aliphatic heterocycles. The Kier molecular flexibility index (Phi) is 9.32. The monoisotopic (exact) mass is 277 g/mol. The molecule has 0 atom stereocenters. The van der Waals surface area contributed by atoms with Gasteiger partial charge in [-0.15, -0.1) is 0 Å². The smallest absolute Gasteiger partial charge is 0.333 e. The Morgan fingerprint density at radius 3 is 2.25 bits per heavy atom. The van der Waals surface area contributed by atoms with E-state index in [9.17, 15) is 9.59 Å². The van der Waals surface area contributed by atoms with Crippen LogP contribution in [0.5, 0.6) is 0 Å². The summed E-state index contributed by atoms with van der Waals surface area (Å²) in [4.78, 5) is 22.2. The summed E-state index contributed by atoms with van der Waals surface area (Å²) in [5.74, 6) is -0.938. The summed E-state index contributed by atoms with van der Waals surface area (Å²) >= 11 is 0. The molecular weight excluding hydrogens is 258 g/mol. The SMILES string of the molecule is C=CC(=O)OCCCCOC(=O)C(=C)CCC(=C)C#N. The zero-order valence-corrected chi connectivity index (χ0v) is 11.5. The maximum Gasteiger partial charge on any atom is 0.333 e. The van der Waals surface area contributed by atoms with E-state index in [2.05, 4.69) is 19.7 Å². The van der Waals surface area contributed by atoms with Crippen molar-refractivity contribution in [3.8, 4) is 6.07 Å². The molecule has 0 rings (SSSR count). The molecule has 0 fully saturated rings. The Bertz CT molecular complexity index is 432. The van der Waals surface area contributed by atoms with E-state index in [1.165, 1.54) is 0 Å². The molecule has 0 N–H and O–H groups in total. The molecule has 0 aliphatic carbocycles. The van der Waals surface area contributed by atoms with Crippen LogP contribution in [0, 0.1) is 11.3 Å². The van der Waals surface area contributed by atoms with Crippen LogP contribution in [-0.2, 0) is 19.1 Å². The number of hydrogen-bond acceptors (Lipinski definition) is 5. The van der Waals surface area contributed by atoms with Crippen LogP contribution in [-0.4, -0.2) is 25.2 Å². The minimum atomic E-state index is -0.473. The topological polar surface area (TPSA) is 76.4 Å². The summed E-state index contributed by atoms with van der Waals surface area (Å²) in [6, 6.07) is 1.90. The van der Waals surface area contributed by atoms with E-state index in [1.54, 1.807) is 0 Å². The third-order valence-electron chi connectivity index (χ3n) is 2.36. The minimum Gasteiger partial charge on any atom is -0.463 e. The number of carbonyl (C=O) groups excluding carboxylic acids is 2. The summed E-state index contributed by atoms with van der Waals surface area (Å²) in [7, 11) is 0. The molecule has 0 aliphatic rings. The highest BCUT2D eigenvalue weighted by Gasteiger charge is 2.08. The summed E-state index contributed by atoms with van der Waals surface area (Å²) in [5.41, 5.74) is 0.725. The van der Waals surface area contributed by atoms with Crippen molar-refractivity contribution in [1.82, 2.24) is 0 Å². The van der Waals surface area contributed by atoms with Gasteiger partial charge in [0.05, 0.1) is 19.3 Å². The number of unbranched alkanes of at least 4 members (excludes halogenated alkanes) is 1. The predicted octanol–water partition coefficient (Wildman–Crippen LogP) is 2.46. The molecule has 0 bridgehead atoms. The number of carbonyl (C=O) groups is 2. The molecule has 0 spiro atoms. The van der Waals surface area contributed by atoms with Gasteiger partial charge >= 0.3 is 11.9 Å². The van der Waals surface area contributed by atoms with Gasteiger partial charge in [-0.25, -0.2) is 9.59 Å². The molecule has 0 heterocycles. The minimum absolute atomic E-state index is 0.239. The van der Waals surface area contributed by atoms with Crippen LogP contribution < -0.4 is 0 Å². The highest BCUT2D eigenvalue weighted by atomic mass is 16.5. The average molecular weight is 277 g/mol. The standard InChI is InChI=1S/C15H19NO4/c1-4-14(17)19-9-5-6-10-20-15(18)13(3)8-7-12(2)11-16/h4H,1-3,5-10H2. The largest absolute Gasteiger partial charge is 0.463 e. The molecule has 5 heteroatoms. The summed E-state index contributed by atoms with van der Waals surface area (Å²) in [5, 5.41) is 8.53. The van der Waals surface area contributed by atoms with Gasteiger partial charge in [0.15, 0.2) is 0 Å². The maximum atomic E-state index is 11.5. The van der Waals surface area contributed by atoms with Gasteiger partial charge in [0, 0.05) is 17.2 Å². The molecule has 0 aromatic carbocycles. The van der Waals surface area contributed by atoms with Crippen LogP contribution in [0.1, 0.15) is 25.7 Å². The van der Waals surface area contributed by atoms with Crippen molar-refractivity contribution < 1.29 is 19.1 Å². The fraction of sp³-hybridized carbons (Fsp3) is 0.400. The number of ether oxygens (including phenoxy) is 2. The van der Waals surface area contributed by atoms with Crippen molar-refractivity contribution in [2.75, 3.05) is 13.2 Å². The van der Waals surface area contributed by atoms with Gasteiger partial charge in [0.25, 0.3) is 0 Å². The van der Waals surface area contributed by atoms with Crippen LogP contribution in [0.15, 0.2) is 37.0 Å². The second kappa shape index (κ2) is 10.6. The average Bonchev–Trinajstić information content (AvgIpc) is 2.46. The summed E-state index contributed by atoms with van der Waals surface area (Å²) in [6.07, 6.45) is 3.06. The third kappa shape index (κ3) is 8.70. The van der Waals surface area contributed by atoms with E-state index < -0.39 is 11.9 Å². The molecule has 0 unspecified atom stereocenters. The Morgan fingerprint density at radius 2 is 1.70 bits per heavy atom. The molecule has 0 aromatic rings. The van der Waals surface area contributed by atoms with Gasteiger partial charge in [0.2, 0.25) is 0 Å². The molecule has 0 aromatic heterocycles. The van der Waals surface area contributed by atoms with E-state index in [4.69, 9.17) is 14.7 Å². The summed E-state index contributed by atoms with van der Waals surface area (Å²) < 4.78 is 9.76. The lowest BCUT2D eigenvalue weighted by molar-refractivity contribution is -0.141. The van der Waals surface area contributed by atoms with Gasteiger partial charge in [-0.3, -0.25) is 0 Å². The van der Waals surface area contributed by atoms with E-state index in [-0.39, 0.29) is 13.2 Å². The lowest BCUT2D eigenvalue weighted by Gasteiger charge is -2.07. The van der Waals surface area contributed by atoms with Crippen LogP contribution in [0.25, 0.3) is 0 Å². The van der Waals surface area contributed by atoms with E-state index in [0.717, 1.165) is 6.08 Å². The highest BCUT2D eigenvalue weighted by Crippen LogP contribution is 2.10. The van der Waals surface area contributed by atoms with Gasteiger partial charge in [-0.05, 0) is 25.7 Å². The molecule has 0 radical (unpaired) electrons. The van der Waals surface area contributed by atoms with Gasteiger partial charge in [-0.2, -0.15) is 5.26 Å². The number of esters is 2. The van der Waals surface area contributed by atoms with Crippen molar-refractivity contribution in [2.45, 2.75) is 25.7 Å². The van der Waals surface area contributed by atoms with Crippen LogP contribution in [0.2, 0.25) is 0 Å². The lowest BCUT2D eigenvalue weighted by atomic mass is 10.1. The second-order valence-corrected chi connectivity index (χ2v) is 4.03. The second-order valence-electron chi connectivity index (χ2n) is 4.03. The predicted molar refractivity (Wildman–Crippen MR) is 74.5 cm³/mol. The molecule has 0 saturated carbocycles. The molecule has 5 nitrogen and oxygen atoms in total. The van der Waals surface area contributed by atoms with E-state index in [0.29, 0.717) is 36.8 Å². The van der Waals surface area contributed by atoms with Gasteiger partial charge in [0.1, 0.15) is 0 Å². The molecule has 0 saturated heterocycles. The zero-order chi connectivity index (χ0) is 15.4. The van der Waals surface area contributed by atoms with Crippen molar-refractivity contribution in [3.63, 3.8) is 0 Å². The van der Waals surface area contributed by atoms with Crippen molar-refractivity contribution in [2.24, 2.45) is 0 Å². The quantitative estimate of drug-likeness (QED) is 0.265. The Balaban J connectivity index is 3.65. The van der Waals surface area contributed by atoms with Crippen LogP contribution in [0.3, 0.4) is 0 Å². The third-order valence-corrected chi connectivity index (χ3v) is 2.36. The first kappa shape index (κ1) is 17.6. The van der Waals surface area contributed by atoms with Crippen molar-refractivity contribution in [3.05, 3.63) is 37.0 Å². The van der Waals surface area contributed by atoms with Crippen molar-refractivity contribution in [1.29, 1.82) is 5.26 Å². The van der Waals surface area contributed by atoms with Crippen LogP contribution in [0.4, 0.5) is 0 Å². The molecule has 20 heavy (non-hydrogen) atoms.